The number of aromatic nitrogens is 2. The van der Waals surface area contributed by atoms with E-state index in [1.807, 2.05) is 13.0 Å². The molecule has 3 aromatic rings. The lowest BCUT2D eigenvalue weighted by Crippen LogP contribution is -2.11. The molecule has 0 aliphatic rings. The molecule has 0 amide bonds. The molecule has 2 aromatic heterocycles. The molecular weight excluding hydrogens is 338 g/mol. The molecule has 0 spiro atoms. The second-order valence-electron chi connectivity index (χ2n) is 4.85. The van der Waals surface area contributed by atoms with E-state index in [4.69, 9.17) is 11.6 Å². The zero-order chi connectivity index (χ0) is 16.6. The number of H-pyrrole nitrogens is 1. The Balaban J connectivity index is 2.08. The van der Waals surface area contributed by atoms with Crippen LogP contribution in [-0.4, -0.2) is 14.9 Å². The number of fused-ring (bicyclic) bond motifs is 1. The highest BCUT2D eigenvalue weighted by atomic mass is 35.5. The summed E-state index contributed by atoms with van der Waals surface area (Å²) in [5.41, 5.74) is 1.75. The van der Waals surface area contributed by atoms with Crippen molar-refractivity contribution in [3.05, 3.63) is 67.1 Å². The van der Waals surface area contributed by atoms with Crippen LogP contribution in [0.1, 0.15) is 17.0 Å². The van der Waals surface area contributed by atoms with Crippen molar-refractivity contribution in [1.29, 1.82) is 0 Å². The van der Waals surface area contributed by atoms with Gasteiger partial charge in [0.05, 0.1) is 20.9 Å². The van der Waals surface area contributed by atoms with E-state index in [9.17, 15) is 14.9 Å². The second kappa shape index (κ2) is 5.94. The number of nitrogens with zero attached hydrogens (tertiary/aromatic N) is 2. The molecule has 2 heterocycles. The van der Waals surface area contributed by atoms with Crippen LogP contribution in [0.5, 0.6) is 0 Å². The van der Waals surface area contributed by atoms with E-state index >= 15 is 0 Å². The van der Waals surface area contributed by atoms with Crippen molar-refractivity contribution in [1.82, 2.24) is 9.97 Å². The molecular formula is C15H10ClN3O3S. The summed E-state index contributed by atoms with van der Waals surface area (Å²) in [6.07, 6.45) is 1.54. The first-order valence-electron chi connectivity index (χ1n) is 6.56. The summed E-state index contributed by atoms with van der Waals surface area (Å²) in [6.45, 7) is 1.86. The van der Waals surface area contributed by atoms with Gasteiger partial charge in [-0.1, -0.05) is 35.1 Å². The molecule has 0 saturated carbocycles. The Morgan fingerprint density at radius 1 is 1.48 bits per heavy atom. The van der Waals surface area contributed by atoms with Crippen molar-refractivity contribution < 1.29 is 4.92 Å². The van der Waals surface area contributed by atoms with Gasteiger partial charge >= 0.3 is 5.00 Å². The molecule has 1 N–H and O–H groups in total. The first kappa shape index (κ1) is 15.4. The van der Waals surface area contributed by atoms with Crippen LogP contribution in [0.4, 0.5) is 5.00 Å². The predicted octanol–water partition coefficient (Wildman–Crippen LogP) is 3.94. The molecule has 1 aromatic carbocycles. The Labute approximate surface area is 139 Å². The maximum Gasteiger partial charge on any atom is 0.324 e. The van der Waals surface area contributed by atoms with Gasteiger partial charge in [0.25, 0.3) is 5.56 Å². The van der Waals surface area contributed by atoms with Crippen molar-refractivity contribution in [2.45, 2.75) is 6.92 Å². The third-order valence-corrected chi connectivity index (χ3v) is 4.43. The molecule has 0 bridgehead atoms. The lowest BCUT2D eigenvalue weighted by molar-refractivity contribution is -0.380. The van der Waals surface area contributed by atoms with Gasteiger partial charge in [-0.15, -0.1) is 0 Å². The summed E-state index contributed by atoms with van der Waals surface area (Å²) in [6, 6.07) is 6.75. The van der Waals surface area contributed by atoms with Crippen LogP contribution in [0.3, 0.4) is 0 Å². The highest BCUT2D eigenvalue weighted by molar-refractivity contribution is 7.13. The van der Waals surface area contributed by atoms with E-state index in [1.165, 1.54) is 12.1 Å². The number of halogens is 1. The topological polar surface area (TPSA) is 88.9 Å². The normalized spacial score (nSPS) is 11.8. The fraction of sp³-hybridized carbons (Fsp3) is 0.0667. The van der Waals surface area contributed by atoms with Crippen molar-refractivity contribution in [2.75, 3.05) is 0 Å². The number of hydrogen-bond acceptors (Lipinski definition) is 5. The van der Waals surface area contributed by atoms with Gasteiger partial charge in [0, 0.05) is 11.4 Å². The number of nitrogens with one attached hydrogen (secondary N) is 1. The van der Waals surface area contributed by atoms with Crippen LogP contribution < -0.4 is 5.56 Å². The van der Waals surface area contributed by atoms with Gasteiger partial charge in [-0.05, 0) is 30.2 Å². The summed E-state index contributed by atoms with van der Waals surface area (Å²) in [4.78, 5) is 29.4. The molecule has 8 heteroatoms. The largest absolute Gasteiger partial charge is 0.324 e. The number of para-hydroxylation sites is 1. The smallest absolute Gasteiger partial charge is 0.305 e. The molecule has 6 nitrogen and oxygen atoms in total. The molecule has 23 heavy (non-hydrogen) atoms. The lowest BCUT2D eigenvalue weighted by atomic mass is 10.1. The zero-order valence-electron chi connectivity index (χ0n) is 11.9. The highest BCUT2D eigenvalue weighted by Gasteiger charge is 2.11. The maximum atomic E-state index is 12.1. The molecule has 0 fully saturated rings. The molecule has 0 unspecified atom stereocenters. The van der Waals surface area contributed by atoms with Gasteiger partial charge in [0.15, 0.2) is 5.82 Å². The third kappa shape index (κ3) is 3.01. The summed E-state index contributed by atoms with van der Waals surface area (Å²) in [5.74, 6) is 0.229. The summed E-state index contributed by atoms with van der Waals surface area (Å²) in [7, 11) is 0. The number of thiophene rings is 1. The molecule has 0 aliphatic carbocycles. The van der Waals surface area contributed by atoms with Crippen LogP contribution in [0, 0.1) is 17.0 Å². The van der Waals surface area contributed by atoms with Crippen LogP contribution in [0.15, 0.2) is 34.4 Å². The minimum Gasteiger partial charge on any atom is -0.305 e. The minimum atomic E-state index is -0.463. The van der Waals surface area contributed by atoms with E-state index in [-0.39, 0.29) is 21.4 Å². The highest BCUT2D eigenvalue weighted by Crippen LogP contribution is 2.27. The molecule has 3 rings (SSSR count). The number of aromatic amines is 1. The SMILES string of the molecule is Cc1cccc2c(=O)[nH]c(C(Cl)=Cc3csc([N+](=O)[O-])c3)nc12. The van der Waals surface area contributed by atoms with Crippen molar-refractivity contribution in [2.24, 2.45) is 0 Å². The quantitative estimate of drug-likeness (QED) is 0.574. The Morgan fingerprint density at radius 2 is 2.26 bits per heavy atom. The van der Waals surface area contributed by atoms with Crippen LogP contribution >= 0.6 is 22.9 Å². The Kier molecular flexibility index (Phi) is 3.97. The first-order chi connectivity index (χ1) is 11.0. The monoisotopic (exact) mass is 347 g/mol. The lowest BCUT2D eigenvalue weighted by Gasteiger charge is -2.04. The molecule has 0 radical (unpaired) electrons. The Morgan fingerprint density at radius 3 is 2.96 bits per heavy atom. The van der Waals surface area contributed by atoms with Gasteiger partial charge in [0.2, 0.25) is 0 Å². The van der Waals surface area contributed by atoms with Gasteiger partial charge in [-0.25, -0.2) is 4.98 Å². The van der Waals surface area contributed by atoms with Gasteiger partial charge < -0.3 is 4.98 Å². The summed E-state index contributed by atoms with van der Waals surface area (Å²) >= 11 is 7.23. The van der Waals surface area contributed by atoms with E-state index in [0.29, 0.717) is 16.5 Å². The van der Waals surface area contributed by atoms with Crippen molar-refractivity contribution >= 4 is 50.0 Å². The predicted molar refractivity (Wildman–Crippen MR) is 91.8 cm³/mol. The number of nitro groups is 1. The first-order valence-corrected chi connectivity index (χ1v) is 7.81. The second-order valence-corrected chi connectivity index (χ2v) is 6.15. The van der Waals surface area contributed by atoms with E-state index < -0.39 is 4.92 Å². The van der Waals surface area contributed by atoms with Crippen molar-refractivity contribution in [3.63, 3.8) is 0 Å². The van der Waals surface area contributed by atoms with E-state index in [2.05, 4.69) is 9.97 Å². The Bertz CT molecular complexity index is 1010. The number of aryl methyl sites for hydroxylation is 1. The maximum absolute atomic E-state index is 12.1. The molecule has 0 aliphatic heterocycles. The van der Waals surface area contributed by atoms with E-state index in [0.717, 1.165) is 16.9 Å². The minimum absolute atomic E-state index is 0.0246. The molecule has 0 saturated heterocycles. The fourth-order valence-corrected chi connectivity index (χ4v) is 3.04. The van der Waals surface area contributed by atoms with Crippen LogP contribution in [-0.2, 0) is 0 Å². The van der Waals surface area contributed by atoms with Crippen LogP contribution in [0.2, 0.25) is 0 Å². The summed E-state index contributed by atoms with van der Waals surface area (Å²) in [5, 5.41) is 13.0. The van der Waals surface area contributed by atoms with Gasteiger partial charge in [-0.3, -0.25) is 14.9 Å². The Hall–Kier alpha value is -2.51. The average Bonchev–Trinajstić information content (AvgIpc) is 2.97. The third-order valence-electron chi connectivity index (χ3n) is 3.24. The number of hydrogen-bond donors (Lipinski definition) is 1. The summed E-state index contributed by atoms with van der Waals surface area (Å²) < 4.78 is 0. The average molecular weight is 348 g/mol. The number of benzene rings is 1. The molecule has 0 atom stereocenters. The van der Waals surface area contributed by atoms with Gasteiger partial charge in [-0.2, -0.15) is 0 Å². The van der Waals surface area contributed by atoms with E-state index in [1.54, 1.807) is 17.5 Å². The standard InChI is InChI=1S/C15H10ClN3O3S/c1-8-3-2-4-10-13(8)17-14(18-15(10)20)11(16)5-9-6-12(19(21)22)23-7-9/h2-7H,1H3,(H,17,18,20). The van der Waals surface area contributed by atoms with Crippen molar-refractivity contribution in [3.8, 4) is 0 Å². The molecule has 116 valence electrons. The zero-order valence-corrected chi connectivity index (χ0v) is 13.4. The fourth-order valence-electron chi connectivity index (χ4n) is 2.14. The van der Waals surface area contributed by atoms with Crippen LogP contribution in [0.25, 0.3) is 22.0 Å². The number of rotatable bonds is 3. The van der Waals surface area contributed by atoms with Gasteiger partial charge in [0.1, 0.15) is 0 Å².